The number of nitrogens with one attached hydrogen (secondary N) is 1. The molecule has 11 nitrogen and oxygen atoms in total. The Kier molecular flexibility index (Phi) is 8.77. The van der Waals surface area contributed by atoms with Crippen molar-refractivity contribution in [1.29, 1.82) is 0 Å². The van der Waals surface area contributed by atoms with Crippen LogP contribution in [0.1, 0.15) is 20.7 Å². The molecule has 37 heavy (non-hydrogen) atoms. The highest BCUT2D eigenvalue weighted by molar-refractivity contribution is 6.34. The minimum atomic E-state index is -2.34. The molecule has 0 aliphatic carbocycles. The molecule has 0 bridgehead atoms. The largest absolute Gasteiger partial charge is 0.478 e. The second-order valence-corrected chi connectivity index (χ2v) is 8.06. The van der Waals surface area contributed by atoms with E-state index in [1.807, 2.05) is 0 Å². The van der Waals surface area contributed by atoms with Gasteiger partial charge in [0.15, 0.2) is 0 Å². The maximum absolute atomic E-state index is 13.1. The van der Waals surface area contributed by atoms with Gasteiger partial charge in [0, 0.05) is 17.8 Å². The number of aliphatic carboxylic acids is 1. The smallest absolute Gasteiger partial charge is 0.349 e. The van der Waals surface area contributed by atoms with Crippen molar-refractivity contribution in [2.75, 3.05) is 5.32 Å². The van der Waals surface area contributed by atoms with E-state index in [2.05, 4.69) is 5.32 Å². The highest BCUT2D eigenvalue weighted by Crippen LogP contribution is 2.22. The van der Waals surface area contributed by atoms with Gasteiger partial charge in [-0.05, 0) is 30.3 Å². The molecule has 3 aromatic rings. The molecule has 2 N–H and O–H groups in total. The third-order valence-electron chi connectivity index (χ3n) is 4.76. The van der Waals surface area contributed by atoms with Crippen molar-refractivity contribution < 1.29 is 38.7 Å². The van der Waals surface area contributed by atoms with Gasteiger partial charge < -0.3 is 19.9 Å². The normalized spacial score (nSPS) is 12.1. The third kappa shape index (κ3) is 6.81. The molecule has 0 aliphatic heterocycles. The molecule has 3 aromatic carbocycles. The first kappa shape index (κ1) is 27.1. The van der Waals surface area contributed by atoms with Crippen LogP contribution < -0.4 is 5.32 Å². The molecule has 0 aromatic heterocycles. The van der Waals surface area contributed by atoms with E-state index in [9.17, 15) is 34.4 Å². The molecule has 0 radical (unpaired) electrons. The fourth-order valence-corrected chi connectivity index (χ4v) is 3.44. The highest BCUT2D eigenvalue weighted by atomic mass is 35.5. The van der Waals surface area contributed by atoms with E-state index in [4.69, 9.17) is 32.7 Å². The van der Waals surface area contributed by atoms with Crippen molar-refractivity contribution in [3.63, 3.8) is 0 Å². The Bertz CT molecular complexity index is 1380. The van der Waals surface area contributed by atoms with Gasteiger partial charge in [0.05, 0.1) is 26.1 Å². The Morgan fingerprint density at radius 1 is 0.811 bits per heavy atom. The molecular weight excluding hydrogens is 531 g/mol. The molecule has 1 amide bonds. The lowest BCUT2D eigenvalue weighted by Gasteiger charge is -2.24. The van der Waals surface area contributed by atoms with Crippen LogP contribution in [0.3, 0.4) is 0 Å². The monoisotopic (exact) mass is 546 g/mol. The number of nitro benzene ring substituents is 1. The number of halogens is 2. The summed E-state index contributed by atoms with van der Waals surface area (Å²) < 4.78 is 10.2. The summed E-state index contributed by atoms with van der Waals surface area (Å²) >= 11 is 12.0. The van der Waals surface area contributed by atoms with Gasteiger partial charge in [0.25, 0.3) is 11.6 Å². The molecule has 0 unspecified atom stereocenters. The zero-order chi connectivity index (χ0) is 27.1. The number of esters is 2. The molecule has 0 spiro atoms. The number of non-ortho nitro benzene ring substituents is 1. The lowest BCUT2D eigenvalue weighted by molar-refractivity contribution is -0.384. The summed E-state index contributed by atoms with van der Waals surface area (Å²) in [5.74, 6) is -5.48. The lowest BCUT2D eigenvalue weighted by atomic mass is 10.1. The van der Waals surface area contributed by atoms with Crippen LogP contribution in [0.4, 0.5) is 11.4 Å². The number of hydrogen-bond acceptors (Lipinski definition) is 8. The van der Waals surface area contributed by atoms with E-state index in [0.717, 1.165) is 12.1 Å². The van der Waals surface area contributed by atoms with Gasteiger partial charge in [-0.15, -0.1) is 0 Å². The summed E-state index contributed by atoms with van der Waals surface area (Å²) in [6, 6.07) is 15.9. The molecule has 0 aliphatic rings. The number of amides is 1. The average molecular weight is 547 g/mol. The molecule has 0 saturated carbocycles. The fourth-order valence-electron chi connectivity index (χ4n) is 3.02. The Balaban J connectivity index is 1.96. The maximum atomic E-state index is 13.1. The Hall–Kier alpha value is -4.48. The molecule has 3 rings (SSSR count). The van der Waals surface area contributed by atoms with E-state index in [-0.39, 0.29) is 32.5 Å². The second-order valence-electron chi connectivity index (χ2n) is 7.25. The number of nitro groups is 1. The summed E-state index contributed by atoms with van der Waals surface area (Å²) in [5.41, 5.74) is -0.883. The van der Waals surface area contributed by atoms with Crippen molar-refractivity contribution in [3.05, 3.63) is 104 Å². The Labute approximate surface area is 218 Å². The van der Waals surface area contributed by atoms with Crippen molar-refractivity contribution in [2.24, 2.45) is 0 Å². The molecule has 0 saturated heterocycles. The number of carbonyl (C=O) groups is 4. The van der Waals surface area contributed by atoms with Crippen LogP contribution in [0.25, 0.3) is 0 Å². The van der Waals surface area contributed by atoms with Gasteiger partial charge in [-0.25, -0.2) is 14.4 Å². The first-order valence-corrected chi connectivity index (χ1v) is 11.0. The van der Waals surface area contributed by atoms with E-state index in [1.165, 1.54) is 60.7 Å². The predicted molar refractivity (Wildman–Crippen MR) is 131 cm³/mol. The van der Waals surface area contributed by atoms with E-state index >= 15 is 0 Å². The molecule has 0 heterocycles. The van der Waals surface area contributed by atoms with Gasteiger partial charge >= 0.3 is 17.9 Å². The number of benzene rings is 3. The van der Waals surface area contributed by atoms with Crippen molar-refractivity contribution in [2.45, 2.75) is 12.2 Å². The predicted octanol–water partition coefficient (Wildman–Crippen LogP) is 4.38. The molecule has 13 heteroatoms. The van der Waals surface area contributed by atoms with E-state index in [0.29, 0.717) is 0 Å². The maximum Gasteiger partial charge on any atom is 0.349 e. The quantitative estimate of drug-likeness (QED) is 0.225. The average Bonchev–Trinajstić information content (AvgIpc) is 2.86. The van der Waals surface area contributed by atoms with Gasteiger partial charge in [-0.1, -0.05) is 53.5 Å². The van der Waals surface area contributed by atoms with Gasteiger partial charge in [0.2, 0.25) is 12.2 Å². The van der Waals surface area contributed by atoms with E-state index < -0.39 is 40.9 Å². The summed E-state index contributed by atoms with van der Waals surface area (Å²) in [6.07, 6.45) is -4.58. The number of anilines is 1. The van der Waals surface area contributed by atoms with Gasteiger partial charge in [-0.2, -0.15) is 0 Å². The first-order valence-electron chi connectivity index (χ1n) is 10.3. The standard InChI is InChI=1S/C24H16Cl2N2O9/c25-17-10-3-1-8-15(17)23(32)36-19(21(29)27-13-6-5-7-14(12-13)28(34)35)20(22(30)31)37-24(33)16-9-2-4-11-18(16)26/h1-12,19-20H,(H,27,29)(H,30,31)/t19-,20-/m1/s1. The first-order chi connectivity index (χ1) is 17.6. The summed E-state index contributed by atoms with van der Waals surface area (Å²) in [6.45, 7) is 0. The van der Waals surface area contributed by atoms with Crippen LogP contribution in [0.5, 0.6) is 0 Å². The van der Waals surface area contributed by atoms with Crippen LogP contribution in [0.2, 0.25) is 10.0 Å². The van der Waals surface area contributed by atoms with Crippen molar-refractivity contribution >= 4 is 58.4 Å². The minimum absolute atomic E-state index is 0.0507. The summed E-state index contributed by atoms with van der Waals surface area (Å²) in [7, 11) is 0. The van der Waals surface area contributed by atoms with Crippen LogP contribution in [0.15, 0.2) is 72.8 Å². The number of ether oxygens (including phenoxy) is 2. The Morgan fingerprint density at radius 2 is 1.32 bits per heavy atom. The number of carboxylic acids is 1. The molecule has 0 fully saturated rings. The van der Waals surface area contributed by atoms with E-state index in [1.54, 1.807) is 0 Å². The highest BCUT2D eigenvalue weighted by Gasteiger charge is 2.41. The number of nitrogens with zero attached hydrogens (tertiary/aromatic N) is 1. The number of carboxylic acid groups (broad SMARTS) is 1. The Morgan fingerprint density at radius 3 is 1.81 bits per heavy atom. The van der Waals surface area contributed by atoms with Crippen LogP contribution in [-0.2, 0) is 19.1 Å². The zero-order valence-corrected chi connectivity index (χ0v) is 20.0. The van der Waals surface area contributed by atoms with Crippen molar-refractivity contribution in [1.82, 2.24) is 0 Å². The SMILES string of the molecule is O=C(O[C@@H](C(=O)O)[C@@H](OC(=O)c1ccccc1Cl)C(=O)Nc1cccc([N+](=O)[O-])c1)c1ccccc1Cl. The zero-order valence-electron chi connectivity index (χ0n) is 18.5. The molecule has 190 valence electrons. The summed E-state index contributed by atoms with van der Waals surface area (Å²) in [5, 5.41) is 23.0. The number of hydrogen-bond donors (Lipinski definition) is 2. The molecule has 2 atom stereocenters. The number of carbonyl (C=O) groups excluding carboxylic acids is 3. The van der Waals surface area contributed by atoms with Crippen LogP contribution >= 0.6 is 23.2 Å². The van der Waals surface area contributed by atoms with Crippen LogP contribution in [-0.4, -0.2) is 46.1 Å². The van der Waals surface area contributed by atoms with Gasteiger partial charge in [0.1, 0.15) is 0 Å². The lowest BCUT2D eigenvalue weighted by Crippen LogP contribution is -2.48. The molecular formula is C24H16Cl2N2O9. The fraction of sp³-hybridized carbons (Fsp3) is 0.0833. The number of rotatable bonds is 9. The van der Waals surface area contributed by atoms with Gasteiger partial charge in [-0.3, -0.25) is 14.9 Å². The summed E-state index contributed by atoms with van der Waals surface area (Å²) in [4.78, 5) is 61.0. The second kappa shape index (κ2) is 12.0. The van der Waals surface area contributed by atoms with Crippen molar-refractivity contribution in [3.8, 4) is 0 Å². The van der Waals surface area contributed by atoms with Crippen LogP contribution in [0, 0.1) is 10.1 Å². The minimum Gasteiger partial charge on any atom is -0.478 e. The topological polar surface area (TPSA) is 162 Å². The third-order valence-corrected chi connectivity index (χ3v) is 5.42.